The minimum Gasteiger partial charge on any atom is -0.368 e. The van der Waals surface area contributed by atoms with Crippen molar-refractivity contribution >= 4 is 40.7 Å². The fourth-order valence-electron chi connectivity index (χ4n) is 3.22. The number of anilines is 2. The maximum atomic E-state index is 13.1. The van der Waals surface area contributed by atoms with E-state index in [1.807, 2.05) is 54.6 Å². The van der Waals surface area contributed by atoms with E-state index in [2.05, 4.69) is 5.10 Å². The van der Waals surface area contributed by atoms with Gasteiger partial charge in [-0.2, -0.15) is 5.10 Å². The van der Waals surface area contributed by atoms with Gasteiger partial charge < -0.3 is 10.6 Å². The van der Waals surface area contributed by atoms with E-state index in [-0.39, 0.29) is 12.3 Å². The fourth-order valence-corrected chi connectivity index (χ4v) is 4.21. The third kappa shape index (κ3) is 2.94. The van der Waals surface area contributed by atoms with Crippen molar-refractivity contribution in [2.24, 2.45) is 10.8 Å². The first-order valence-corrected chi connectivity index (χ1v) is 9.38. The first kappa shape index (κ1) is 16.7. The van der Waals surface area contributed by atoms with Crippen LogP contribution in [0.3, 0.4) is 0 Å². The summed E-state index contributed by atoms with van der Waals surface area (Å²) >= 11 is 1.74. The molecule has 0 radical (unpaired) electrons. The van der Waals surface area contributed by atoms with Gasteiger partial charge in [0.2, 0.25) is 5.91 Å². The Kier molecular flexibility index (Phi) is 4.38. The van der Waals surface area contributed by atoms with Crippen molar-refractivity contribution in [3.05, 3.63) is 54.6 Å². The predicted molar refractivity (Wildman–Crippen MR) is 103 cm³/mol. The van der Waals surface area contributed by atoms with Crippen molar-refractivity contribution in [1.29, 1.82) is 0 Å². The standard InChI is InChI=1S/C19H18N4O2S/c20-18(24)16-12-14(21-23(16)13-6-2-1-3-7-13)19(25)22-10-11-26-17-9-5-4-8-15(17)22/h1-9,16H,10-12H2,(H2,20,24). The Morgan fingerprint density at radius 1 is 1.08 bits per heavy atom. The Bertz CT molecular complexity index is 884. The number of nitrogens with zero attached hydrogens (tertiary/aromatic N) is 3. The van der Waals surface area contributed by atoms with Gasteiger partial charge in [0.15, 0.2) is 0 Å². The number of hydrogen-bond acceptors (Lipinski definition) is 5. The molecule has 2 heterocycles. The van der Waals surface area contributed by atoms with Crippen LogP contribution in [-0.4, -0.2) is 35.9 Å². The second kappa shape index (κ2) is 6.84. The number of rotatable bonds is 3. The molecule has 2 N–H and O–H groups in total. The number of para-hydroxylation sites is 2. The highest BCUT2D eigenvalue weighted by atomic mass is 32.2. The fraction of sp³-hybridized carbons (Fsp3) is 0.211. The van der Waals surface area contributed by atoms with E-state index < -0.39 is 11.9 Å². The summed E-state index contributed by atoms with van der Waals surface area (Å²) in [5.41, 5.74) is 7.56. The molecular weight excluding hydrogens is 348 g/mol. The maximum Gasteiger partial charge on any atom is 0.274 e. The molecule has 0 aliphatic carbocycles. The van der Waals surface area contributed by atoms with Crippen molar-refractivity contribution in [2.75, 3.05) is 22.2 Å². The first-order valence-electron chi connectivity index (χ1n) is 8.40. The van der Waals surface area contributed by atoms with E-state index >= 15 is 0 Å². The van der Waals surface area contributed by atoms with Gasteiger partial charge in [-0.1, -0.05) is 30.3 Å². The predicted octanol–water partition coefficient (Wildman–Crippen LogP) is 2.25. The van der Waals surface area contributed by atoms with Crippen LogP contribution >= 0.6 is 11.8 Å². The Morgan fingerprint density at radius 3 is 2.58 bits per heavy atom. The summed E-state index contributed by atoms with van der Waals surface area (Å²) in [5.74, 6) is 0.176. The van der Waals surface area contributed by atoms with Crippen LogP contribution in [0, 0.1) is 0 Å². The number of fused-ring (bicyclic) bond motifs is 1. The monoisotopic (exact) mass is 366 g/mol. The van der Waals surface area contributed by atoms with Gasteiger partial charge in [0.05, 0.1) is 11.4 Å². The summed E-state index contributed by atoms with van der Waals surface area (Å²) in [6.45, 7) is 0.617. The van der Waals surface area contributed by atoms with Crippen LogP contribution < -0.4 is 15.6 Å². The minimum absolute atomic E-state index is 0.164. The lowest BCUT2D eigenvalue weighted by Gasteiger charge is -2.28. The molecule has 0 bridgehead atoms. The summed E-state index contributed by atoms with van der Waals surface area (Å²) in [6, 6.07) is 16.5. The molecule has 0 aromatic heterocycles. The number of hydrazone groups is 1. The van der Waals surface area contributed by atoms with E-state index in [1.165, 1.54) is 0 Å². The molecule has 26 heavy (non-hydrogen) atoms. The lowest BCUT2D eigenvalue weighted by Crippen LogP contribution is -2.41. The molecule has 0 fully saturated rings. The molecule has 2 aromatic carbocycles. The number of primary amides is 1. The van der Waals surface area contributed by atoms with E-state index in [1.54, 1.807) is 21.7 Å². The molecule has 1 atom stereocenters. The summed E-state index contributed by atoms with van der Waals surface area (Å²) in [6.07, 6.45) is 0.217. The summed E-state index contributed by atoms with van der Waals surface area (Å²) in [4.78, 5) is 27.9. The zero-order valence-corrected chi connectivity index (χ0v) is 14.9. The van der Waals surface area contributed by atoms with Crippen molar-refractivity contribution in [1.82, 2.24) is 0 Å². The van der Waals surface area contributed by atoms with Gasteiger partial charge in [0, 0.05) is 23.6 Å². The van der Waals surface area contributed by atoms with Crippen LogP contribution in [0.1, 0.15) is 6.42 Å². The Morgan fingerprint density at radius 2 is 1.81 bits per heavy atom. The third-order valence-corrected chi connectivity index (χ3v) is 5.52. The zero-order chi connectivity index (χ0) is 18.1. The van der Waals surface area contributed by atoms with Crippen LogP contribution in [-0.2, 0) is 9.59 Å². The summed E-state index contributed by atoms with van der Waals surface area (Å²) in [5, 5.41) is 6.02. The molecular formula is C19H18N4O2S. The van der Waals surface area contributed by atoms with Crippen LogP contribution in [0.2, 0.25) is 0 Å². The number of nitrogens with two attached hydrogens (primary N) is 1. The average Bonchev–Trinajstić information content (AvgIpc) is 3.13. The minimum atomic E-state index is -0.647. The Hall–Kier alpha value is -2.80. The number of hydrogen-bond donors (Lipinski definition) is 1. The SMILES string of the molecule is NC(=O)C1CC(C(=O)N2CCSc3ccccc32)=NN1c1ccccc1. The largest absolute Gasteiger partial charge is 0.368 e. The highest BCUT2D eigenvalue weighted by molar-refractivity contribution is 7.99. The van der Waals surface area contributed by atoms with Crippen molar-refractivity contribution in [3.8, 4) is 0 Å². The number of carbonyl (C=O) groups excluding carboxylic acids is 2. The van der Waals surface area contributed by atoms with Gasteiger partial charge in [-0.25, -0.2) is 0 Å². The van der Waals surface area contributed by atoms with Gasteiger partial charge >= 0.3 is 0 Å². The van der Waals surface area contributed by atoms with Gasteiger partial charge in [0.1, 0.15) is 11.8 Å². The van der Waals surface area contributed by atoms with Crippen molar-refractivity contribution in [3.63, 3.8) is 0 Å². The molecule has 7 heteroatoms. The lowest BCUT2D eigenvalue weighted by atomic mass is 10.1. The number of thioether (sulfide) groups is 1. The molecule has 2 aromatic rings. The molecule has 4 rings (SSSR count). The summed E-state index contributed by atoms with van der Waals surface area (Å²) in [7, 11) is 0. The van der Waals surface area contributed by atoms with Crippen LogP contribution in [0.5, 0.6) is 0 Å². The lowest BCUT2D eigenvalue weighted by molar-refractivity contribution is -0.119. The van der Waals surface area contributed by atoms with Crippen LogP contribution in [0.15, 0.2) is 64.6 Å². The van der Waals surface area contributed by atoms with Crippen LogP contribution in [0.25, 0.3) is 0 Å². The molecule has 2 aliphatic rings. The Labute approximate surface area is 155 Å². The quantitative estimate of drug-likeness (QED) is 0.904. The average molecular weight is 366 g/mol. The normalized spacial score (nSPS) is 19.1. The third-order valence-electron chi connectivity index (χ3n) is 4.48. The Balaban J connectivity index is 1.66. The van der Waals surface area contributed by atoms with Gasteiger partial charge in [-0.05, 0) is 24.3 Å². The molecule has 0 saturated heterocycles. The molecule has 1 unspecified atom stereocenters. The van der Waals surface area contributed by atoms with E-state index in [0.29, 0.717) is 12.3 Å². The highest BCUT2D eigenvalue weighted by Crippen LogP contribution is 2.35. The summed E-state index contributed by atoms with van der Waals surface area (Å²) < 4.78 is 0. The number of benzene rings is 2. The highest BCUT2D eigenvalue weighted by Gasteiger charge is 2.37. The first-order chi connectivity index (χ1) is 12.6. The number of amides is 2. The van der Waals surface area contributed by atoms with Gasteiger partial charge in [-0.3, -0.25) is 14.6 Å². The molecule has 2 amide bonds. The van der Waals surface area contributed by atoms with Crippen LogP contribution in [0.4, 0.5) is 11.4 Å². The number of carbonyl (C=O) groups is 2. The molecule has 132 valence electrons. The van der Waals surface area contributed by atoms with E-state index in [9.17, 15) is 9.59 Å². The smallest absolute Gasteiger partial charge is 0.274 e. The topological polar surface area (TPSA) is 79.0 Å². The molecule has 2 aliphatic heterocycles. The molecule has 6 nitrogen and oxygen atoms in total. The van der Waals surface area contributed by atoms with Crippen molar-refractivity contribution in [2.45, 2.75) is 17.4 Å². The van der Waals surface area contributed by atoms with E-state index in [0.717, 1.165) is 22.0 Å². The molecule has 0 spiro atoms. The molecule has 0 saturated carbocycles. The van der Waals surface area contributed by atoms with E-state index in [4.69, 9.17) is 5.73 Å². The van der Waals surface area contributed by atoms with Gasteiger partial charge in [0.25, 0.3) is 5.91 Å². The van der Waals surface area contributed by atoms with Gasteiger partial charge in [-0.15, -0.1) is 11.8 Å². The second-order valence-corrected chi connectivity index (χ2v) is 7.26. The maximum absolute atomic E-state index is 13.1. The zero-order valence-electron chi connectivity index (χ0n) is 14.0. The second-order valence-electron chi connectivity index (χ2n) is 6.12. The van der Waals surface area contributed by atoms with Crippen molar-refractivity contribution < 1.29 is 9.59 Å².